The van der Waals surface area contributed by atoms with Gasteiger partial charge in [0.15, 0.2) is 5.65 Å². The number of carbonyl (C=O) groups is 1. The van der Waals surface area contributed by atoms with Crippen LogP contribution in [-0.2, 0) is 11.8 Å². The van der Waals surface area contributed by atoms with Crippen molar-refractivity contribution in [3.05, 3.63) is 18.0 Å². The van der Waals surface area contributed by atoms with E-state index in [1.54, 1.807) is 23.9 Å². The van der Waals surface area contributed by atoms with E-state index in [9.17, 15) is 4.79 Å². The average Bonchev–Trinajstić information content (AvgIpc) is 2.55. The molecule has 2 N–H and O–H groups in total. The number of hydrogen-bond acceptors (Lipinski definition) is 4. The van der Waals surface area contributed by atoms with Gasteiger partial charge in [-0.2, -0.15) is 5.10 Å². The van der Waals surface area contributed by atoms with Gasteiger partial charge in [-0.05, 0) is 19.9 Å². The summed E-state index contributed by atoms with van der Waals surface area (Å²) in [5.41, 5.74) is 2.32. The van der Waals surface area contributed by atoms with E-state index < -0.39 is 12.0 Å². The SMILES string of the molecule is Cc1nn(C)c2nccc(N[C@@H](C)C(=O)O)c12. The second-order valence-electron chi connectivity index (χ2n) is 3.97. The molecule has 2 aromatic rings. The molecule has 0 aliphatic heterocycles. The molecule has 2 heterocycles. The van der Waals surface area contributed by atoms with Crippen molar-refractivity contribution in [3.8, 4) is 0 Å². The predicted octanol–water partition coefficient (Wildman–Crippen LogP) is 1.16. The fourth-order valence-electron chi connectivity index (χ4n) is 1.79. The highest BCUT2D eigenvalue weighted by Gasteiger charge is 2.15. The molecule has 0 saturated heterocycles. The standard InChI is InChI=1S/C11H14N4O2/c1-6-9-8(13-7(2)11(16)17)4-5-12-10(9)15(3)14-6/h4-5,7H,1-3H3,(H,12,13)(H,16,17)/t7-/m0/s1. The van der Waals surface area contributed by atoms with Gasteiger partial charge in [0.25, 0.3) is 0 Å². The van der Waals surface area contributed by atoms with Crippen LogP contribution in [0.2, 0.25) is 0 Å². The third kappa shape index (κ3) is 1.93. The number of aromatic nitrogens is 3. The van der Waals surface area contributed by atoms with Crippen molar-refractivity contribution in [3.63, 3.8) is 0 Å². The van der Waals surface area contributed by atoms with E-state index in [1.807, 2.05) is 14.0 Å². The minimum Gasteiger partial charge on any atom is -0.480 e. The first-order valence-corrected chi connectivity index (χ1v) is 5.28. The molecule has 0 fully saturated rings. The van der Waals surface area contributed by atoms with Crippen molar-refractivity contribution in [2.75, 3.05) is 5.32 Å². The van der Waals surface area contributed by atoms with Crippen LogP contribution in [0.15, 0.2) is 12.3 Å². The van der Waals surface area contributed by atoms with Crippen LogP contribution in [0.5, 0.6) is 0 Å². The molecule has 0 radical (unpaired) electrons. The normalized spacial score (nSPS) is 12.6. The number of anilines is 1. The van der Waals surface area contributed by atoms with Crippen molar-refractivity contribution >= 4 is 22.7 Å². The Labute approximate surface area is 98.3 Å². The summed E-state index contributed by atoms with van der Waals surface area (Å²) in [5.74, 6) is -0.892. The van der Waals surface area contributed by atoms with Gasteiger partial charge in [-0.1, -0.05) is 0 Å². The lowest BCUT2D eigenvalue weighted by Gasteiger charge is -2.11. The van der Waals surface area contributed by atoms with Crippen LogP contribution in [0.3, 0.4) is 0 Å². The highest BCUT2D eigenvalue weighted by molar-refractivity contribution is 5.93. The van der Waals surface area contributed by atoms with Crippen LogP contribution in [-0.4, -0.2) is 31.9 Å². The third-order valence-electron chi connectivity index (χ3n) is 2.64. The van der Waals surface area contributed by atoms with E-state index in [1.165, 1.54) is 0 Å². The van der Waals surface area contributed by atoms with Gasteiger partial charge < -0.3 is 10.4 Å². The van der Waals surface area contributed by atoms with Crippen LogP contribution in [0.4, 0.5) is 5.69 Å². The quantitative estimate of drug-likeness (QED) is 0.833. The lowest BCUT2D eigenvalue weighted by atomic mass is 10.2. The molecule has 1 atom stereocenters. The predicted molar refractivity (Wildman–Crippen MR) is 64.0 cm³/mol. The van der Waals surface area contributed by atoms with E-state index in [-0.39, 0.29) is 0 Å². The Balaban J connectivity index is 2.51. The molecule has 2 aromatic heterocycles. The molecule has 6 heteroatoms. The molecule has 0 spiro atoms. The van der Waals surface area contributed by atoms with Gasteiger partial charge >= 0.3 is 5.97 Å². The zero-order valence-electron chi connectivity index (χ0n) is 9.93. The number of nitrogens with one attached hydrogen (secondary N) is 1. The van der Waals surface area contributed by atoms with E-state index in [4.69, 9.17) is 5.11 Å². The van der Waals surface area contributed by atoms with Gasteiger partial charge in [0.1, 0.15) is 6.04 Å². The van der Waals surface area contributed by atoms with Crippen LogP contribution in [0, 0.1) is 6.92 Å². The molecule has 17 heavy (non-hydrogen) atoms. The smallest absolute Gasteiger partial charge is 0.325 e. The van der Waals surface area contributed by atoms with Crippen molar-refractivity contribution in [1.29, 1.82) is 0 Å². The highest BCUT2D eigenvalue weighted by Crippen LogP contribution is 2.24. The number of rotatable bonds is 3. The van der Waals surface area contributed by atoms with Crippen molar-refractivity contribution in [1.82, 2.24) is 14.8 Å². The topological polar surface area (TPSA) is 80.0 Å². The summed E-state index contributed by atoms with van der Waals surface area (Å²) in [5, 5.41) is 17.0. The van der Waals surface area contributed by atoms with Gasteiger partial charge in [-0.25, -0.2) is 4.98 Å². The monoisotopic (exact) mass is 234 g/mol. The number of hydrogen-bond donors (Lipinski definition) is 2. The molecule has 2 rings (SSSR count). The minimum atomic E-state index is -0.892. The molecule has 0 aliphatic rings. The maximum atomic E-state index is 10.8. The summed E-state index contributed by atoms with van der Waals surface area (Å²) in [6.45, 7) is 3.47. The van der Waals surface area contributed by atoms with Gasteiger partial charge in [0, 0.05) is 18.9 Å². The molecular formula is C11H14N4O2. The van der Waals surface area contributed by atoms with Crippen LogP contribution < -0.4 is 5.32 Å². The molecule has 0 saturated carbocycles. The van der Waals surface area contributed by atoms with Crippen molar-refractivity contribution in [2.24, 2.45) is 7.05 Å². The second-order valence-corrected chi connectivity index (χ2v) is 3.97. The lowest BCUT2D eigenvalue weighted by molar-refractivity contribution is -0.137. The van der Waals surface area contributed by atoms with E-state index >= 15 is 0 Å². The summed E-state index contributed by atoms with van der Waals surface area (Å²) in [6, 6.07) is 1.11. The molecule has 0 aliphatic carbocycles. The van der Waals surface area contributed by atoms with Gasteiger partial charge in [0.05, 0.1) is 11.1 Å². The average molecular weight is 234 g/mol. The Kier molecular flexibility index (Phi) is 2.71. The molecule has 0 aromatic carbocycles. The Morgan fingerprint density at radius 2 is 2.29 bits per heavy atom. The molecule has 90 valence electrons. The van der Waals surface area contributed by atoms with Crippen molar-refractivity contribution < 1.29 is 9.90 Å². The highest BCUT2D eigenvalue weighted by atomic mass is 16.4. The number of carboxylic acids is 1. The zero-order chi connectivity index (χ0) is 12.6. The Morgan fingerprint density at radius 1 is 1.59 bits per heavy atom. The summed E-state index contributed by atoms with van der Waals surface area (Å²) < 4.78 is 1.68. The molecule has 0 unspecified atom stereocenters. The Hall–Kier alpha value is -2.11. The van der Waals surface area contributed by atoms with E-state index in [2.05, 4.69) is 15.4 Å². The summed E-state index contributed by atoms with van der Waals surface area (Å²) in [4.78, 5) is 15.1. The summed E-state index contributed by atoms with van der Waals surface area (Å²) in [7, 11) is 1.81. The van der Waals surface area contributed by atoms with Crippen LogP contribution >= 0.6 is 0 Å². The number of pyridine rings is 1. The molecular weight excluding hydrogens is 220 g/mol. The van der Waals surface area contributed by atoms with Crippen LogP contribution in [0.1, 0.15) is 12.6 Å². The maximum absolute atomic E-state index is 10.8. The van der Waals surface area contributed by atoms with Gasteiger partial charge in [-0.3, -0.25) is 9.48 Å². The second kappa shape index (κ2) is 4.04. The first-order valence-electron chi connectivity index (χ1n) is 5.28. The van der Waals surface area contributed by atoms with Gasteiger partial charge in [-0.15, -0.1) is 0 Å². The number of nitrogens with zero attached hydrogens (tertiary/aromatic N) is 3. The lowest BCUT2D eigenvalue weighted by Crippen LogP contribution is -2.25. The third-order valence-corrected chi connectivity index (χ3v) is 2.64. The van der Waals surface area contributed by atoms with E-state index in [0.29, 0.717) is 0 Å². The largest absolute Gasteiger partial charge is 0.480 e. The number of aryl methyl sites for hydroxylation is 2. The minimum absolute atomic E-state index is 0.653. The summed E-state index contributed by atoms with van der Waals surface area (Å²) in [6.07, 6.45) is 1.64. The first-order chi connectivity index (χ1) is 8.00. The molecule has 0 bridgehead atoms. The number of aliphatic carboxylic acids is 1. The number of fused-ring (bicyclic) bond motifs is 1. The van der Waals surface area contributed by atoms with Crippen LogP contribution in [0.25, 0.3) is 11.0 Å². The fraction of sp³-hybridized carbons (Fsp3) is 0.364. The fourth-order valence-corrected chi connectivity index (χ4v) is 1.79. The van der Waals surface area contributed by atoms with Crippen molar-refractivity contribution in [2.45, 2.75) is 19.9 Å². The van der Waals surface area contributed by atoms with Gasteiger partial charge in [0.2, 0.25) is 0 Å². The first kappa shape index (κ1) is 11.4. The molecule has 6 nitrogen and oxygen atoms in total. The summed E-state index contributed by atoms with van der Waals surface area (Å²) >= 11 is 0. The maximum Gasteiger partial charge on any atom is 0.325 e. The molecule has 0 amide bonds. The number of carboxylic acid groups (broad SMARTS) is 1. The zero-order valence-corrected chi connectivity index (χ0v) is 9.93. The van der Waals surface area contributed by atoms with E-state index in [0.717, 1.165) is 22.4 Å². The Bertz CT molecular complexity index is 576. The Morgan fingerprint density at radius 3 is 2.94 bits per heavy atom.